The van der Waals surface area contributed by atoms with Crippen molar-refractivity contribution < 1.29 is 4.79 Å². The Morgan fingerprint density at radius 2 is 1.56 bits per heavy atom. The van der Waals surface area contributed by atoms with E-state index in [2.05, 4.69) is 26.7 Å². The van der Waals surface area contributed by atoms with Gasteiger partial charge in [0.2, 0.25) is 0 Å². The van der Waals surface area contributed by atoms with E-state index in [0.29, 0.717) is 0 Å². The van der Waals surface area contributed by atoms with Gasteiger partial charge in [-0.2, -0.15) is 0 Å². The Morgan fingerprint density at radius 1 is 1.22 bits per heavy atom. The summed E-state index contributed by atoms with van der Waals surface area (Å²) in [4.78, 5) is 10.4. The summed E-state index contributed by atoms with van der Waals surface area (Å²) in [5.74, 6) is 2.17. The highest BCUT2D eigenvalue weighted by Gasteiger charge is 2.35. The highest BCUT2D eigenvalue weighted by atomic mass is 28.3. The number of rotatable bonds is 1. The third kappa shape index (κ3) is 1.93. The molecule has 0 aliphatic heterocycles. The molecular formula is C7H15OSi. The van der Waals surface area contributed by atoms with Crippen molar-refractivity contribution in [1.82, 2.24) is 0 Å². The minimum absolute atomic E-state index is 0.161. The zero-order valence-electron chi connectivity index (χ0n) is 6.91. The molecule has 0 spiro atoms. The third-order valence-electron chi connectivity index (χ3n) is 2.13. The monoisotopic (exact) mass is 143 g/mol. The first kappa shape index (κ1) is 8.89. The fourth-order valence-electron chi connectivity index (χ4n) is 0.153. The van der Waals surface area contributed by atoms with Gasteiger partial charge in [-0.05, 0) is 5.04 Å². The molecule has 0 heterocycles. The van der Waals surface area contributed by atoms with Crippen LogP contribution < -0.4 is 0 Å². The van der Waals surface area contributed by atoms with Gasteiger partial charge in [-0.25, -0.2) is 0 Å². The molecule has 1 radical (unpaired) electrons. The molecule has 0 aliphatic rings. The van der Waals surface area contributed by atoms with Crippen molar-refractivity contribution in [3.63, 3.8) is 0 Å². The zero-order valence-corrected chi connectivity index (χ0v) is 7.91. The van der Waals surface area contributed by atoms with Crippen LogP contribution in [0.3, 0.4) is 0 Å². The number of carbonyl (C=O) groups excluding carboxylic acids is 1. The minimum Gasteiger partial charge on any atom is -0.297 e. The van der Waals surface area contributed by atoms with Crippen LogP contribution in [0, 0.1) is 0 Å². The second kappa shape index (κ2) is 2.25. The van der Waals surface area contributed by atoms with E-state index in [1.54, 1.807) is 0 Å². The van der Waals surface area contributed by atoms with Crippen LogP contribution in [0.1, 0.15) is 20.8 Å². The minimum atomic E-state index is -1.68. The van der Waals surface area contributed by atoms with Gasteiger partial charge in [-0.1, -0.05) is 33.9 Å². The second-order valence-corrected chi connectivity index (χ2v) is 8.93. The van der Waals surface area contributed by atoms with Crippen LogP contribution in [0.15, 0.2) is 0 Å². The van der Waals surface area contributed by atoms with E-state index in [1.807, 2.05) is 13.1 Å². The van der Waals surface area contributed by atoms with Crippen LogP contribution in [0.5, 0.6) is 0 Å². The molecule has 0 bridgehead atoms. The summed E-state index contributed by atoms with van der Waals surface area (Å²) in [5, 5.41) is 0.161. The van der Waals surface area contributed by atoms with Crippen molar-refractivity contribution >= 4 is 14.0 Å². The Balaban J connectivity index is 4.32. The van der Waals surface area contributed by atoms with Crippen LogP contribution >= 0.6 is 0 Å². The summed E-state index contributed by atoms with van der Waals surface area (Å²) >= 11 is 0. The van der Waals surface area contributed by atoms with Crippen LogP contribution in [0.25, 0.3) is 0 Å². The predicted octanol–water partition coefficient (Wildman–Crippen LogP) is 2.14. The van der Waals surface area contributed by atoms with Crippen molar-refractivity contribution in [2.24, 2.45) is 0 Å². The van der Waals surface area contributed by atoms with Gasteiger partial charge < -0.3 is 0 Å². The lowest BCUT2D eigenvalue weighted by molar-refractivity contribution is 0.563. The smallest absolute Gasteiger partial charge is 0.170 e. The van der Waals surface area contributed by atoms with Crippen molar-refractivity contribution in [1.29, 1.82) is 0 Å². The molecule has 0 saturated carbocycles. The van der Waals surface area contributed by atoms with E-state index in [0.717, 1.165) is 0 Å². The molecule has 0 unspecified atom stereocenters. The van der Waals surface area contributed by atoms with E-state index >= 15 is 0 Å². The maximum atomic E-state index is 10.4. The SMILES string of the molecule is CC(C)(C)[Si](C)(C)[C]=O. The van der Waals surface area contributed by atoms with Crippen molar-refractivity contribution in [3.05, 3.63) is 0 Å². The highest BCUT2D eigenvalue weighted by Crippen LogP contribution is 2.33. The molecule has 0 N–H and O–H groups in total. The molecule has 0 fully saturated rings. The first-order valence-electron chi connectivity index (χ1n) is 3.20. The Labute approximate surface area is 58.5 Å². The molecule has 2 heteroatoms. The first-order chi connectivity index (χ1) is 3.81. The normalized spacial score (nSPS) is 13.4. The van der Waals surface area contributed by atoms with Gasteiger partial charge in [0, 0.05) is 0 Å². The Bertz CT molecular complexity index is 111. The lowest BCUT2D eigenvalue weighted by atomic mass is 10.2. The topological polar surface area (TPSA) is 17.1 Å². The molecule has 0 atom stereocenters. The van der Waals surface area contributed by atoms with Crippen molar-refractivity contribution in [2.75, 3.05) is 0 Å². The lowest BCUT2D eigenvalue weighted by Gasteiger charge is -2.29. The Morgan fingerprint density at radius 3 is 1.56 bits per heavy atom. The fraction of sp³-hybridized carbons (Fsp3) is 0.857. The van der Waals surface area contributed by atoms with Gasteiger partial charge in [0.15, 0.2) is 5.91 Å². The summed E-state index contributed by atoms with van der Waals surface area (Å²) in [7, 11) is -1.68. The van der Waals surface area contributed by atoms with Gasteiger partial charge in [-0.15, -0.1) is 0 Å². The van der Waals surface area contributed by atoms with Crippen LogP contribution in [0.2, 0.25) is 18.1 Å². The molecule has 9 heavy (non-hydrogen) atoms. The van der Waals surface area contributed by atoms with Gasteiger partial charge in [0.1, 0.15) is 8.07 Å². The van der Waals surface area contributed by atoms with Gasteiger partial charge >= 0.3 is 0 Å². The van der Waals surface area contributed by atoms with Crippen LogP contribution in [0.4, 0.5) is 0 Å². The number of hydrogen-bond acceptors (Lipinski definition) is 1. The standard InChI is InChI=1S/C7H15OSi/c1-7(2,3)9(4,5)6-8/h1-5H3. The van der Waals surface area contributed by atoms with Crippen LogP contribution in [-0.4, -0.2) is 14.0 Å². The largest absolute Gasteiger partial charge is 0.297 e. The summed E-state index contributed by atoms with van der Waals surface area (Å²) in [6, 6.07) is 0. The van der Waals surface area contributed by atoms with Crippen molar-refractivity contribution in [2.45, 2.75) is 38.9 Å². The van der Waals surface area contributed by atoms with E-state index in [4.69, 9.17) is 0 Å². The van der Waals surface area contributed by atoms with Crippen LogP contribution in [-0.2, 0) is 4.79 Å². The third-order valence-corrected chi connectivity index (χ3v) is 6.39. The van der Waals surface area contributed by atoms with Gasteiger partial charge in [-0.3, -0.25) is 4.79 Å². The molecule has 0 aromatic heterocycles. The second-order valence-electron chi connectivity index (χ2n) is 3.98. The zero-order chi connectivity index (χ0) is 7.71. The molecule has 0 aromatic rings. The molecule has 0 rings (SSSR count). The highest BCUT2D eigenvalue weighted by molar-refractivity contribution is 7.01. The van der Waals surface area contributed by atoms with Gasteiger partial charge in [0.25, 0.3) is 0 Å². The maximum Gasteiger partial charge on any atom is 0.170 e. The predicted molar refractivity (Wildman–Crippen MR) is 42.9 cm³/mol. The molecule has 1 nitrogen and oxygen atoms in total. The Kier molecular flexibility index (Phi) is 2.22. The molecule has 0 aliphatic carbocycles. The lowest BCUT2D eigenvalue weighted by Crippen LogP contribution is -2.38. The quantitative estimate of drug-likeness (QED) is 0.514. The van der Waals surface area contributed by atoms with E-state index in [9.17, 15) is 4.79 Å². The van der Waals surface area contributed by atoms with E-state index in [1.165, 1.54) is 0 Å². The molecule has 53 valence electrons. The summed E-state index contributed by atoms with van der Waals surface area (Å²) in [5.41, 5.74) is 0. The first-order valence-corrected chi connectivity index (χ1v) is 6.20. The Hall–Kier alpha value is -0.113. The van der Waals surface area contributed by atoms with Crippen molar-refractivity contribution in [3.8, 4) is 0 Å². The van der Waals surface area contributed by atoms with E-state index < -0.39 is 8.07 Å². The molecule has 0 aromatic carbocycles. The van der Waals surface area contributed by atoms with Gasteiger partial charge in [0.05, 0.1) is 0 Å². The summed E-state index contributed by atoms with van der Waals surface area (Å²) in [6.07, 6.45) is 0. The molecular weight excluding hydrogens is 128 g/mol. The summed E-state index contributed by atoms with van der Waals surface area (Å²) < 4.78 is 0. The van der Waals surface area contributed by atoms with E-state index in [-0.39, 0.29) is 5.04 Å². The molecule has 0 amide bonds. The number of hydrogen-bond donors (Lipinski definition) is 0. The fourth-order valence-corrected chi connectivity index (χ4v) is 0.459. The summed E-state index contributed by atoms with van der Waals surface area (Å²) in [6.45, 7) is 10.4. The average Bonchev–Trinajstić information content (AvgIpc) is 1.64. The average molecular weight is 143 g/mol. The molecule has 0 saturated heterocycles. The maximum absolute atomic E-state index is 10.4.